The average Bonchev–Trinajstić information content (AvgIpc) is 3.33. The van der Waals surface area contributed by atoms with E-state index in [2.05, 4.69) is 20.6 Å². The zero-order valence-corrected chi connectivity index (χ0v) is 19.1. The summed E-state index contributed by atoms with van der Waals surface area (Å²) >= 11 is 0. The summed E-state index contributed by atoms with van der Waals surface area (Å²) in [4.78, 5) is 22.4. The Morgan fingerprint density at radius 3 is 2.69 bits per heavy atom. The Balaban J connectivity index is 1.47. The number of halogens is 5. The molecule has 35 heavy (non-hydrogen) atoms. The summed E-state index contributed by atoms with van der Waals surface area (Å²) in [5.74, 6) is -3.01. The predicted octanol–water partition coefficient (Wildman–Crippen LogP) is 5.44. The highest BCUT2D eigenvalue weighted by molar-refractivity contribution is 5.90. The number of nitrogens with zero attached hydrogens (tertiary/aromatic N) is 3. The van der Waals surface area contributed by atoms with E-state index in [1.165, 1.54) is 4.90 Å². The van der Waals surface area contributed by atoms with E-state index in [0.29, 0.717) is 35.6 Å². The van der Waals surface area contributed by atoms with Crippen LogP contribution >= 0.6 is 0 Å². The molecule has 190 valence electrons. The Morgan fingerprint density at radius 2 is 2.00 bits per heavy atom. The number of aryl methyl sites for hydroxylation is 1. The number of urea groups is 1. The van der Waals surface area contributed by atoms with Gasteiger partial charge in [-0.3, -0.25) is 0 Å². The lowest BCUT2D eigenvalue weighted by atomic mass is 10.0. The van der Waals surface area contributed by atoms with Crippen molar-refractivity contribution in [3.63, 3.8) is 0 Å². The van der Waals surface area contributed by atoms with E-state index in [1.807, 2.05) is 6.92 Å². The van der Waals surface area contributed by atoms with Crippen LogP contribution < -0.4 is 16.4 Å². The standard InChI is InChI=1S/C23H27F5N6O/c1-13-2-3-15(31-21(35)34-7-5-14(12-34)10-23(26,27)28)8-17(13)18-9-19(33-20(29)32-18)30-16-4-6-22(24,25)11-16/h2-3,8-9,14,16H,4-7,10-12H2,1H3,(H,31,35)(H3,29,30,32,33)/t14-,16-/m0/s1. The van der Waals surface area contributed by atoms with Crippen LogP contribution in [0.15, 0.2) is 24.3 Å². The number of hydrogen-bond acceptors (Lipinski definition) is 5. The maximum atomic E-state index is 13.5. The third-order valence-electron chi connectivity index (χ3n) is 6.36. The summed E-state index contributed by atoms with van der Waals surface area (Å²) < 4.78 is 65.0. The molecular weight excluding hydrogens is 471 g/mol. The zero-order valence-electron chi connectivity index (χ0n) is 19.1. The third kappa shape index (κ3) is 6.49. The Kier molecular flexibility index (Phi) is 6.74. The number of carbonyl (C=O) groups is 1. The number of aromatic nitrogens is 2. The molecule has 0 radical (unpaired) electrons. The van der Waals surface area contributed by atoms with E-state index < -0.39 is 36.5 Å². The van der Waals surface area contributed by atoms with Crippen LogP contribution in [0.1, 0.15) is 37.7 Å². The van der Waals surface area contributed by atoms with Crippen LogP contribution in [0, 0.1) is 12.8 Å². The van der Waals surface area contributed by atoms with Crippen molar-refractivity contribution in [2.45, 2.75) is 57.2 Å². The van der Waals surface area contributed by atoms with Gasteiger partial charge in [0.2, 0.25) is 11.9 Å². The zero-order chi connectivity index (χ0) is 25.4. The minimum Gasteiger partial charge on any atom is -0.368 e. The van der Waals surface area contributed by atoms with Crippen LogP contribution in [0.5, 0.6) is 0 Å². The van der Waals surface area contributed by atoms with Crippen LogP contribution in [0.2, 0.25) is 0 Å². The molecule has 1 aromatic carbocycles. The summed E-state index contributed by atoms with van der Waals surface area (Å²) in [6, 6.07) is 5.85. The number of likely N-dealkylation sites (tertiary alicyclic amines) is 1. The van der Waals surface area contributed by atoms with E-state index >= 15 is 0 Å². The lowest BCUT2D eigenvalue weighted by Crippen LogP contribution is -2.33. The van der Waals surface area contributed by atoms with E-state index in [-0.39, 0.29) is 31.9 Å². The quantitative estimate of drug-likeness (QED) is 0.477. The summed E-state index contributed by atoms with van der Waals surface area (Å²) in [5.41, 5.74) is 8.23. The van der Waals surface area contributed by atoms with E-state index in [9.17, 15) is 26.7 Å². The number of amides is 2. The van der Waals surface area contributed by atoms with Crippen molar-refractivity contribution >= 4 is 23.5 Å². The van der Waals surface area contributed by atoms with Gasteiger partial charge in [0.15, 0.2) is 0 Å². The van der Waals surface area contributed by atoms with E-state index in [4.69, 9.17) is 5.73 Å². The van der Waals surface area contributed by atoms with Crippen molar-refractivity contribution < 1.29 is 26.7 Å². The molecule has 1 aromatic heterocycles. The molecule has 0 spiro atoms. The van der Waals surface area contributed by atoms with Gasteiger partial charge in [-0.15, -0.1) is 0 Å². The van der Waals surface area contributed by atoms with Gasteiger partial charge in [0.1, 0.15) is 5.82 Å². The molecule has 1 saturated carbocycles. The molecular formula is C23H27F5N6O. The summed E-state index contributed by atoms with van der Waals surface area (Å²) in [7, 11) is 0. The van der Waals surface area contributed by atoms with Crippen molar-refractivity contribution in [1.29, 1.82) is 0 Å². The van der Waals surface area contributed by atoms with Crippen LogP contribution in [-0.2, 0) is 0 Å². The van der Waals surface area contributed by atoms with Gasteiger partial charge in [-0.1, -0.05) is 6.07 Å². The first-order chi connectivity index (χ1) is 16.4. The monoisotopic (exact) mass is 498 g/mol. The van der Waals surface area contributed by atoms with Crippen LogP contribution in [-0.4, -0.2) is 52.1 Å². The van der Waals surface area contributed by atoms with Gasteiger partial charge in [-0.25, -0.2) is 18.6 Å². The molecule has 2 heterocycles. The molecule has 2 atom stereocenters. The number of hydrogen-bond donors (Lipinski definition) is 3. The molecule has 12 heteroatoms. The van der Waals surface area contributed by atoms with Gasteiger partial charge in [0.25, 0.3) is 0 Å². The van der Waals surface area contributed by atoms with Crippen molar-refractivity contribution in [1.82, 2.24) is 14.9 Å². The van der Waals surface area contributed by atoms with Crippen molar-refractivity contribution in [3.05, 3.63) is 29.8 Å². The summed E-state index contributed by atoms with van der Waals surface area (Å²) in [6.45, 7) is 2.14. The molecule has 7 nitrogen and oxygen atoms in total. The third-order valence-corrected chi connectivity index (χ3v) is 6.36. The van der Waals surface area contributed by atoms with Gasteiger partial charge in [0, 0.05) is 55.7 Å². The molecule has 4 rings (SSSR count). The van der Waals surface area contributed by atoms with Gasteiger partial charge < -0.3 is 21.3 Å². The van der Waals surface area contributed by atoms with E-state index in [1.54, 1.807) is 24.3 Å². The second-order valence-electron chi connectivity index (χ2n) is 9.32. The van der Waals surface area contributed by atoms with Crippen molar-refractivity contribution in [2.75, 3.05) is 29.5 Å². The van der Waals surface area contributed by atoms with Gasteiger partial charge in [-0.2, -0.15) is 18.2 Å². The molecule has 0 unspecified atom stereocenters. The number of nitrogen functional groups attached to an aromatic ring is 1. The highest BCUT2D eigenvalue weighted by Crippen LogP contribution is 2.37. The topological polar surface area (TPSA) is 96.2 Å². The number of anilines is 3. The maximum Gasteiger partial charge on any atom is 0.389 e. The first-order valence-corrected chi connectivity index (χ1v) is 11.4. The Bertz CT molecular complexity index is 1090. The summed E-state index contributed by atoms with van der Waals surface area (Å²) in [6.07, 6.45) is -5.02. The molecule has 1 saturated heterocycles. The van der Waals surface area contributed by atoms with Crippen LogP contribution in [0.4, 0.5) is 44.2 Å². The number of alkyl halides is 5. The molecule has 0 bridgehead atoms. The number of nitrogens with two attached hydrogens (primary N) is 1. The fraction of sp³-hybridized carbons (Fsp3) is 0.522. The second-order valence-corrected chi connectivity index (χ2v) is 9.32. The average molecular weight is 499 g/mol. The van der Waals surface area contributed by atoms with Gasteiger partial charge in [0.05, 0.1) is 5.69 Å². The second kappa shape index (κ2) is 9.46. The van der Waals surface area contributed by atoms with Crippen molar-refractivity contribution in [3.8, 4) is 11.3 Å². The number of carbonyl (C=O) groups excluding carboxylic acids is 1. The minimum absolute atomic E-state index is 0.0311. The predicted molar refractivity (Wildman–Crippen MR) is 122 cm³/mol. The van der Waals surface area contributed by atoms with Crippen LogP contribution in [0.3, 0.4) is 0 Å². The molecule has 2 aliphatic rings. The number of rotatable bonds is 5. The smallest absolute Gasteiger partial charge is 0.368 e. The maximum absolute atomic E-state index is 13.5. The SMILES string of the molecule is Cc1ccc(NC(=O)N2CC[C@@H](CC(F)(F)F)C2)cc1-c1cc(N[C@H]2CCC(F)(F)C2)nc(N)n1. The van der Waals surface area contributed by atoms with E-state index in [0.717, 1.165) is 5.56 Å². The molecule has 2 amide bonds. The molecule has 4 N–H and O–H groups in total. The highest BCUT2D eigenvalue weighted by atomic mass is 19.4. The summed E-state index contributed by atoms with van der Waals surface area (Å²) in [5, 5.41) is 5.74. The molecule has 2 aromatic rings. The lowest BCUT2D eigenvalue weighted by molar-refractivity contribution is -0.143. The highest BCUT2D eigenvalue weighted by Gasteiger charge is 2.39. The van der Waals surface area contributed by atoms with Crippen LogP contribution in [0.25, 0.3) is 11.3 Å². The first kappa shape index (κ1) is 24.9. The lowest BCUT2D eigenvalue weighted by Gasteiger charge is -2.19. The largest absolute Gasteiger partial charge is 0.389 e. The first-order valence-electron chi connectivity index (χ1n) is 11.4. The minimum atomic E-state index is -4.26. The Hall–Kier alpha value is -3.18. The number of nitrogens with one attached hydrogen (secondary N) is 2. The Morgan fingerprint density at radius 1 is 1.23 bits per heavy atom. The van der Waals surface area contributed by atoms with Crippen molar-refractivity contribution in [2.24, 2.45) is 5.92 Å². The normalized spacial score (nSPS) is 21.8. The fourth-order valence-corrected chi connectivity index (χ4v) is 4.65. The van der Waals surface area contributed by atoms with Gasteiger partial charge in [-0.05, 0) is 43.4 Å². The van der Waals surface area contributed by atoms with Gasteiger partial charge >= 0.3 is 12.2 Å². The fourth-order valence-electron chi connectivity index (χ4n) is 4.65. The Labute approximate surface area is 199 Å². The molecule has 1 aliphatic heterocycles. The number of benzene rings is 1. The molecule has 2 fully saturated rings. The molecule has 1 aliphatic carbocycles.